The van der Waals surface area contributed by atoms with Crippen LogP contribution in [0, 0.1) is 5.82 Å². The van der Waals surface area contributed by atoms with Gasteiger partial charge in [0.25, 0.3) is 0 Å². The molecule has 0 aromatic heterocycles. The van der Waals surface area contributed by atoms with Crippen LogP contribution >= 0.6 is 11.6 Å². The van der Waals surface area contributed by atoms with Crippen molar-refractivity contribution < 1.29 is 9.18 Å². The van der Waals surface area contributed by atoms with Crippen LogP contribution in [0.4, 0.5) is 4.39 Å². The number of carbonyl (C=O) groups excluding carboxylic acids is 1. The maximum absolute atomic E-state index is 12.9. The highest BCUT2D eigenvalue weighted by Crippen LogP contribution is 2.23. The van der Waals surface area contributed by atoms with Gasteiger partial charge < -0.3 is 10.2 Å². The van der Waals surface area contributed by atoms with Crippen LogP contribution in [0.25, 0.3) is 0 Å². The molecule has 1 amide bonds. The van der Waals surface area contributed by atoms with Crippen molar-refractivity contribution in [3.63, 3.8) is 0 Å². The number of carbonyl (C=O) groups is 1. The summed E-state index contributed by atoms with van der Waals surface area (Å²) in [6.07, 6.45) is 3.26. The van der Waals surface area contributed by atoms with Gasteiger partial charge in [0.2, 0.25) is 5.91 Å². The Bertz CT molecular complexity index is 735. The average Bonchev–Trinajstić information content (AvgIpc) is 2.99. The number of nitrogens with zero attached hydrogens (tertiary/aromatic N) is 1. The minimum absolute atomic E-state index is 0.215. The largest absolute Gasteiger partial charge is 0.339 e. The molecule has 0 radical (unpaired) electrons. The lowest BCUT2D eigenvalue weighted by Crippen LogP contribution is -2.36. The van der Waals surface area contributed by atoms with Gasteiger partial charge in [0, 0.05) is 30.6 Å². The number of hydrogen-bond donors (Lipinski definition) is 1. The zero-order valence-electron chi connectivity index (χ0n) is 14.8. The summed E-state index contributed by atoms with van der Waals surface area (Å²) < 4.78 is 12.9. The highest BCUT2D eigenvalue weighted by atomic mass is 35.5. The highest BCUT2D eigenvalue weighted by molar-refractivity contribution is 6.31. The molecule has 3 nitrogen and oxygen atoms in total. The second-order valence-electron chi connectivity index (χ2n) is 6.71. The predicted molar refractivity (Wildman–Crippen MR) is 103 cm³/mol. The molecule has 0 spiro atoms. The summed E-state index contributed by atoms with van der Waals surface area (Å²) in [6, 6.07) is 14.6. The SMILES string of the molecule is O=C1CC[C@H](CCNCc2ccc(F)cc2)N1CCc1ccccc1Cl. The number of halogens is 2. The lowest BCUT2D eigenvalue weighted by molar-refractivity contribution is -0.129. The zero-order valence-corrected chi connectivity index (χ0v) is 15.5. The molecule has 1 saturated heterocycles. The molecule has 1 aliphatic rings. The van der Waals surface area contributed by atoms with E-state index in [1.807, 2.05) is 29.2 Å². The standard InChI is InChI=1S/C21H24ClFN2O/c22-20-4-2-1-3-17(20)12-14-25-19(9-10-21(25)26)11-13-24-15-16-5-7-18(23)8-6-16/h1-8,19,24H,9-15H2/t19-/m1/s1. The van der Waals surface area contributed by atoms with Crippen molar-refractivity contribution in [2.75, 3.05) is 13.1 Å². The normalized spacial score (nSPS) is 17.1. The highest BCUT2D eigenvalue weighted by Gasteiger charge is 2.29. The van der Waals surface area contributed by atoms with Crippen LogP contribution < -0.4 is 5.32 Å². The zero-order chi connectivity index (χ0) is 18.4. The summed E-state index contributed by atoms with van der Waals surface area (Å²) in [6.45, 7) is 2.25. The van der Waals surface area contributed by atoms with Crippen molar-refractivity contribution in [2.45, 2.75) is 38.3 Å². The molecular formula is C21H24ClFN2O. The Kier molecular flexibility index (Phi) is 6.64. The van der Waals surface area contributed by atoms with Crippen LogP contribution in [0.5, 0.6) is 0 Å². The third-order valence-corrected chi connectivity index (χ3v) is 5.30. The van der Waals surface area contributed by atoms with Gasteiger partial charge in [-0.15, -0.1) is 0 Å². The summed E-state index contributed by atoms with van der Waals surface area (Å²) in [5, 5.41) is 4.15. The topological polar surface area (TPSA) is 32.3 Å². The first-order chi connectivity index (χ1) is 12.6. The number of rotatable bonds is 8. The number of nitrogens with one attached hydrogen (secondary N) is 1. The van der Waals surface area contributed by atoms with Crippen LogP contribution in [0.15, 0.2) is 48.5 Å². The Hall–Kier alpha value is -1.91. The summed E-state index contributed by atoms with van der Waals surface area (Å²) in [5.41, 5.74) is 2.14. The number of amides is 1. The molecule has 0 unspecified atom stereocenters. The van der Waals surface area contributed by atoms with Crippen LogP contribution in [-0.2, 0) is 17.8 Å². The van der Waals surface area contributed by atoms with E-state index in [2.05, 4.69) is 5.32 Å². The van der Waals surface area contributed by atoms with E-state index < -0.39 is 0 Å². The van der Waals surface area contributed by atoms with E-state index in [9.17, 15) is 9.18 Å². The molecule has 1 N–H and O–H groups in total. The third-order valence-electron chi connectivity index (χ3n) is 4.93. The smallest absolute Gasteiger partial charge is 0.222 e. The maximum Gasteiger partial charge on any atom is 0.222 e. The van der Waals surface area contributed by atoms with Gasteiger partial charge >= 0.3 is 0 Å². The van der Waals surface area contributed by atoms with E-state index in [1.54, 1.807) is 12.1 Å². The van der Waals surface area contributed by atoms with Gasteiger partial charge in [0.15, 0.2) is 0 Å². The van der Waals surface area contributed by atoms with Crippen LogP contribution in [0.3, 0.4) is 0 Å². The van der Waals surface area contributed by atoms with E-state index in [0.717, 1.165) is 42.0 Å². The summed E-state index contributed by atoms with van der Waals surface area (Å²) >= 11 is 6.22. The molecule has 26 heavy (non-hydrogen) atoms. The Morgan fingerprint density at radius 3 is 2.69 bits per heavy atom. The molecule has 2 aromatic carbocycles. The van der Waals surface area contributed by atoms with Gasteiger partial charge in [0.1, 0.15) is 5.82 Å². The van der Waals surface area contributed by atoms with Gasteiger partial charge in [0.05, 0.1) is 0 Å². The molecule has 5 heteroatoms. The summed E-state index contributed by atoms with van der Waals surface area (Å²) in [5.74, 6) is 0.0213. The number of benzene rings is 2. The number of likely N-dealkylation sites (tertiary alicyclic amines) is 1. The van der Waals surface area contributed by atoms with Crippen LogP contribution in [0.1, 0.15) is 30.4 Å². The molecule has 1 heterocycles. The minimum Gasteiger partial charge on any atom is -0.339 e. The van der Waals surface area contributed by atoms with Crippen molar-refractivity contribution in [1.82, 2.24) is 10.2 Å². The number of hydrogen-bond acceptors (Lipinski definition) is 2. The molecule has 1 aliphatic heterocycles. The van der Waals surface area contributed by atoms with Crippen molar-refractivity contribution >= 4 is 17.5 Å². The van der Waals surface area contributed by atoms with Crippen LogP contribution in [-0.4, -0.2) is 29.9 Å². The van der Waals surface area contributed by atoms with Crippen LogP contribution in [0.2, 0.25) is 5.02 Å². The molecule has 138 valence electrons. The lowest BCUT2D eigenvalue weighted by atomic mass is 10.1. The van der Waals surface area contributed by atoms with Gasteiger partial charge in [-0.05, 0) is 55.1 Å². The van der Waals surface area contributed by atoms with E-state index >= 15 is 0 Å². The molecule has 0 bridgehead atoms. The minimum atomic E-state index is -0.215. The first kappa shape index (κ1) is 18.9. The maximum atomic E-state index is 12.9. The second-order valence-corrected chi connectivity index (χ2v) is 7.12. The second kappa shape index (κ2) is 9.15. The molecule has 1 fully saturated rings. The van der Waals surface area contributed by atoms with E-state index in [-0.39, 0.29) is 17.8 Å². The van der Waals surface area contributed by atoms with Gasteiger partial charge in [-0.2, -0.15) is 0 Å². The summed E-state index contributed by atoms with van der Waals surface area (Å²) in [7, 11) is 0. The summed E-state index contributed by atoms with van der Waals surface area (Å²) in [4.78, 5) is 14.2. The fourth-order valence-corrected chi connectivity index (χ4v) is 3.68. The van der Waals surface area contributed by atoms with E-state index in [4.69, 9.17) is 11.6 Å². The first-order valence-corrected chi connectivity index (χ1v) is 9.49. The Morgan fingerprint density at radius 1 is 1.15 bits per heavy atom. The quantitative estimate of drug-likeness (QED) is 0.702. The van der Waals surface area contributed by atoms with Gasteiger partial charge in [-0.3, -0.25) is 4.79 Å². The van der Waals surface area contributed by atoms with Crippen molar-refractivity contribution in [1.29, 1.82) is 0 Å². The fourth-order valence-electron chi connectivity index (χ4n) is 3.45. The Morgan fingerprint density at radius 2 is 1.92 bits per heavy atom. The molecular weight excluding hydrogens is 351 g/mol. The van der Waals surface area contributed by atoms with E-state index in [1.165, 1.54) is 12.1 Å². The third kappa shape index (κ3) is 5.05. The van der Waals surface area contributed by atoms with Crippen molar-refractivity contribution in [3.05, 3.63) is 70.5 Å². The Labute approximate surface area is 159 Å². The average molecular weight is 375 g/mol. The Balaban J connectivity index is 1.45. The predicted octanol–water partition coefficient (Wildman–Crippen LogP) is 4.19. The monoisotopic (exact) mass is 374 g/mol. The first-order valence-electron chi connectivity index (χ1n) is 9.11. The molecule has 0 saturated carbocycles. The molecule has 3 rings (SSSR count). The lowest BCUT2D eigenvalue weighted by Gasteiger charge is -2.25. The van der Waals surface area contributed by atoms with Gasteiger partial charge in [-0.1, -0.05) is 41.9 Å². The van der Waals surface area contributed by atoms with E-state index in [0.29, 0.717) is 19.5 Å². The fraction of sp³-hybridized carbons (Fsp3) is 0.381. The van der Waals surface area contributed by atoms with Crippen molar-refractivity contribution in [3.8, 4) is 0 Å². The molecule has 2 aromatic rings. The van der Waals surface area contributed by atoms with Gasteiger partial charge in [-0.25, -0.2) is 4.39 Å². The molecule has 0 aliphatic carbocycles. The van der Waals surface area contributed by atoms with Crippen molar-refractivity contribution in [2.24, 2.45) is 0 Å². The molecule has 1 atom stereocenters.